The van der Waals surface area contributed by atoms with Crippen molar-refractivity contribution in [1.29, 1.82) is 0 Å². The van der Waals surface area contributed by atoms with Gasteiger partial charge in [-0.05, 0) is 6.07 Å². The molecule has 1 rings (SSSR count). The van der Waals surface area contributed by atoms with E-state index in [4.69, 9.17) is 10.9 Å². The average molecular weight is 272 g/mol. The Morgan fingerprint density at radius 1 is 1.33 bits per heavy atom. The molecule has 0 atom stereocenters. The monoisotopic (exact) mass is 272 g/mol. The zero-order valence-electron chi connectivity index (χ0n) is 9.75. The molecule has 0 saturated heterocycles. The van der Waals surface area contributed by atoms with Crippen molar-refractivity contribution in [2.24, 2.45) is 10.9 Å². The number of nitrogens with zero attached hydrogens (tertiary/aromatic N) is 2. The normalized spacial score (nSPS) is 11.1. The second-order valence-corrected chi connectivity index (χ2v) is 5.17. The summed E-state index contributed by atoms with van der Waals surface area (Å²) in [7, 11) is -1.37. The predicted molar refractivity (Wildman–Crippen MR) is 62.1 cm³/mol. The third kappa shape index (κ3) is 2.63. The number of nitrogens with two attached hydrogens (primary N) is 2. The molecule has 1 aromatic rings. The molecule has 9 heteroatoms. The van der Waals surface area contributed by atoms with Gasteiger partial charge in [-0.15, -0.1) is 0 Å². The Balaban J connectivity index is 3.71. The number of pyridine rings is 1. The van der Waals surface area contributed by atoms with Gasteiger partial charge in [0.2, 0.25) is 10.0 Å². The van der Waals surface area contributed by atoms with Crippen molar-refractivity contribution < 1.29 is 18.0 Å². The highest BCUT2D eigenvalue weighted by Crippen LogP contribution is 2.18. The molecule has 0 saturated carbocycles. The Morgan fingerprint density at radius 3 is 2.28 bits per heavy atom. The first kappa shape index (κ1) is 14.1. The highest BCUT2D eigenvalue weighted by atomic mass is 32.2. The van der Waals surface area contributed by atoms with Crippen molar-refractivity contribution in [3.05, 3.63) is 23.5 Å². The van der Waals surface area contributed by atoms with Gasteiger partial charge in [-0.3, -0.25) is 14.6 Å². The highest BCUT2D eigenvalue weighted by molar-refractivity contribution is 7.89. The van der Waals surface area contributed by atoms with E-state index in [9.17, 15) is 18.0 Å². The summed E-state index contributed by atoms with van der Waals surface area (Å²) in [5.41, 5.74) is 4.21. The molecule has 1 aromatic heterocycles. The summed E-state index contributed by atoms with van der Waals surface area (Å²) < 4.78 is 22.8. The number of primary sulfonamides is 1. The minimum absolute atomic E-state index is 0.419. The van der Waals surface area contributed by atoms with E-state index in [1.165, 1.54) is 14.1 Å². The molecule has 1 heterocycles. The van der Waals surface area contributed by atoms with Crippen molar-refractivity contribution in [2.45, 2.75) is 4.90 Å². The van der Waals surface area contributed by atoms with E-state index in [1.54, 1.807) is 0 Å². The first-order valence-corrected chi connectivity index (χ1v) is 6.24. The van der Waals surface area contributed by atoms with Gasteiger partial charge in [0.05, 0.1) is 10.5 Å². The zero-order chi connectivity index (χ0) is 14.1. The molecule has 0 spiro atoms. The van der Waals surface area contributed by atoms with Gasteiger partial charge in [-0.25, -0.2) is 13.6 Å². The number of sulfonamides is 1. The first-order chi connectivity index (χ1) is 8.16. The SMILES string of the molecule is CN(C)C(=O)c1c(S(N)(=O)=O)ccnc1C(N)=O. The van der Waals surface area contributed by atoms with Crippen LogP contribution in [-0.4, -0.2) is 44.2 Å². The Bertz CT molecular complexity index is 609. The van der Waals surface area contributed by atoms with Crippen molar-refractivity contribution in [1.82, 2.24) is 9.88 Å². The molecule has 0 bridgehead atoms. The topological polar surface area (TPSA) is 136 Å². The largest absolute Gasteiger partial charge is 0.364 e. The van der Waals surface area contributed by atoms with E-state index in [2.05, 4.69) is 4.98 Å². The molecule has 0 unspecified atom stereocenters. The first-order valence-electron chi connectivity index (χ1n) is 4.69. The molecule has 98 valence electrons. The minimum Gasteiger partial charge on any atom is -0.364 e. The van der Waals surface area contributed by atoms with E-state index >= 15 is 0 Å². The van der Waals surface area contributed by atoms with Crippen LogP contribution in [0.15, 0.2) is 17.2 Å². The number of amides is 2. The summed E-state index contributed by atoms with van der Waals surface area (Å²) in [6.07, 6.45) is 1.05. The Labute approximate surface area is 104 Å². The summed E-state index contributed by atoms with van der Waals surface area (Å²) in [5.74, 6) is -1.73. The van der Waals surface area contributed by atoms with Crippen LogP contribution in [0.4, 0.5) is 0 Å². The zero-order valence-corrected chi connectivity index (χ0v) is 10.6. The second kappa shape index (κ2) is 4.70. The molecule has 0 aliphatic carbocycles. The molecular formula is C9H12N4O4S. The highest BCUT2D eigenvalue weighted by Gasteiger charge is 2.27. The number of hydrogen-bond donors (Lipinski definition) is 2. The molecule has 0 aliphatic heterocycles. The van der Waals surface area contributed by atoms with Gasteiger partial charge in [-0.1, -0.05) is 0 Å². The van der Waals surface area contributed by atoms with E-state index < -0.39 is 38.0 Å². The van der Waals surface area contributed by atoms with Crippen molar-refractivity contribution in [2.75, 3.05) is 14.1 Å². The fourth-order valence-corrected chi connectivity index (χ4v) is 2.02. The number of rotatable bonds is 3. The Kier molecular flexibility index (Phi) is 3.67. The van der Waals surface area contributed by atoms with E-state index in [0.29, 0.717) is 0 Å². The van der Waals surface area contributed by atoms with Crippen LogP contribution in [0.5, 0.6) is 0 Å². The van der Waals surface area contributed by atoms with Gasteiger partial charge in [-0.2, -0.15) is 0 Å². The second-order valence-electron chi connectivity index (χ2n) is 3.64. The molecular weight excluding hydrogens is 260 g/mol. The molecule has 2 amide bonds. The summed E-state index contributed by atoms with van der Waals surface area (Å²) >= 11 is 0. The van der Waals surface area contributed by atoms with Crippen molar-refractivity contribution in [3.8, 4) is 0 Å². The molecule has 0 fully saturated rings. The Morgan fingerprint density at radius 2 is 1.89 bits per heavy atom. The van der Waals surface area contributed by atoms with Crippen LogP contribution in [0.3, 0.4) is 0 Å². The maximum Gasteiger partial charge on any atom is 0.268 e. The fraction of sp³-hybridized carbons (Fsp3) is 0.222. The van der Waals surface area contributed by atoms with Gasteiger partial charge in [0, 0.05) is 20.3 Å². The quantitative estimate of drug-likeness (QED) is 0.692. The summed E-state index contributed by atoms with van der Waals surface area (Å²) in [5, 5.41) is 4.99. The average Bonchev–Trinajstić information content (AvgIpc) is 2.25. The van der Waals surface area contributed by atoms with Gasteiger partial charge >= 0.3 is 0 Å². The minimum atomic E-state index is -4.16. The van der Waals surface area contributed by atoms with Gasteiger partial charge in [0.1, 0.15) is 5.69 Å². The number of hydrogen-bond acceptors (Lipinski definition) is 5. The van der Waals surface area contributed by atoms with Gasteiger partial charge < -0.3 is 10.6 Å². The lowest BCUT2D eigenvalue weighted by atomic mass is 10.1. The molecule has 0 radical (unpaired) electrons. The lowest BCUT2D eigenvalue weighted by Gasteiger charge is -2.14. The maximum atomic E-state index is 11.9. The fourth-order valence-electron chi connectivity index (χ4n) is 1.30. The van der Waals surface area contributed by atoms with Crippen LogP contribution in [0.1, 0.15) is 20.8 Å². The van der Waals surface area contributed by atoms with Gasteiger partial charge in [0.15, 0.2) is 0 Å². The maximum absolute atomic E-state index is 11.9. The number of carbonyl (C=O) groups excluding carboxylic acids is 2. The van der Waals surface area contributed by atoms with E-state index in [0.717, 1.165) is 17.2 Å². The van der Waals surface area contributed by atoms with Crippen LogP contribution in [0.25, 0.3) is 0 Å². The number of primary amides is 1. The van der Waals surface area contributed by atoms with Crippen LogP contribution in [0.2, 0.25) is 0 Å². The van der Waals surface area contributed by atoms with Crippen LogP contribution < -0.4 is 10.9 Å². The van der Waals surface area contributed by atoms with Gasteiger partial charge in [0.25, 0.3) is 11.8 Å². The number of aromatic nitrogens is 1. The van der Waals surface area contributed by atoms with Crippen LogP contribution in [-0.2, 0) is 10.0 Å². The van der Waals surface area contributed by atoms with Crippen molar-refractivity contribution >= 4 is 21.8 Å². The summed E-state index contributed by atoms with van der Waals surface area (Å²) in [6, 6.07) is 1.04. The lowest BCUT2D eigenvalue weighted by molar-refractivity contribution is 0.0815. The third-order valence-electron chi connectivity index (χ3n) is 2.07. The molecule has 0 aliphatic rings. The Hall–Kier alpha value is -2.00. The van der Waals surface area contributed by atoms with E-state index in [1.807, 2.05) is 0 Å². The predicted octanol–water partition coefficient (Wildman–Crippen LogP) is -1.47. The molecule has 18 heavy (non-hydrogen) atoms. The summed E-state index contributed by atoms with van der Waals surface area (Å²) in [4.78, 5) is 27.3. The lowest BCUT2D eigenvalue weighted by Crippen LogP contribution is -2.30. The number of carbonyl (C=O) groups is 2. The standard InChI is InChI=1S/C9H12N4O4S/c1-13(2)9(15)6-5(18(11,16)17)3-4-12-7(6)8(10)14/h3-4H,1-2H3,(H2,10,14)(H2,11,16,17). The van der Waals surface area contributed by atoms with Crippen LogP contribution >= 0.6 is 0 Å². The smallest absolute Gasteiger partial charge is 0.268 e. The molecule has 4 N–H and O–H groups in total. The van der Waals surface area contributed by atoms with E-state index in [-0.39, 0.29) is 0 Å². The van der Waals surface area contributed by atoms with Crippen LogP contribution in [0, 0.1) is 0 Å². The third-order valence-corrected chi connectivity index (χ3v) is 3.03. The summed E-state index contributed by atoms with van der Waals surface area (Å²) in [6.45, 7) is 0. The molecule has 0 aromatic carbocycles. The van der Waals surface area contributed by atoms with Crippen molar-refractivity contribution in [3.63, 3.8) is 0 Å². The molecule has 8 nitrogen and oxygen atoms in total.